The first-order valence-corrected chi connectivity index (χ1v) is 11.3. The van der Waals surface area contributed by atoms with E-state index in [0.717, 1.165) is 5.56 Å². The maximum Gasteiger partial charge on any atom is 0.251 e. The Morgan fingerprint density at radius 3 is 2.04 bits per heavy atom. The molecule has 0 spiro atoms. The number of aryl methyl sites for hydroxylation is 1. The second-order valence-electron chi connectivity index (χ2n) is 7.94. The van der Waals surface area contributed by atoms with Crippen LogP contribution in [0, 0.1) is 18.8 Å². The van der Waals surface area contributed by atoms with Gasteiger partial charge < -0.3 is 5.32 Å². The van der Waals surface area contributed by atoms with E-state index in [1.165, 1.54) is 25.7 Å². The van der Waals surface area contributed by atoms with Crippen LogP contribution in [0.15, 0.2) is 53.4 Å². The lowest BCUT2D eigenvalue weighted by atomic mass is 10.1. The normalized spacial score (nSPS) is 17.1. The van der Waals surface area contributed by atoms with Gasteiger partial charge in [0.15, 0.2) is 9.84 Å². The summed E-state index contributed by atoms with van der Waals surface area (Å²) in [4.78, 5) is 12.9. The molecule has 0 atom stereocenters. The van der Waals surface area contributed by atoms with Crippen LogP contribution in [0.25, 0.3) is 0 Å². The molecule has 142 valence electrons. The van der Waals surface area contributed by atoms with E-state index in [1.54, 1.807) is 48.5 Å². The van der Waals surface area contributed by atoms with Crippen LogP contribution in [0.3, 0.4) is 0 Å². The zero-order valence-electron chi connectivity index (χ0n) is 15.5. The summed E-state index contributed by atoms with van der Waals surface area (Å²) in [7, 11) is -3.39. The van der Waals surface area contributed by atoms with Crippen molar-refractivity contribution >= 4 is 15.7 Å². The van der Waals surface area contributed by atoms with Crippen molar-refractivity contribution in [2.24, 2.45) is 11.8 Å². The van der Waals surface area contributed by atoms with E-state index in [9.17, 15) is 13.2 Å². The van der Waals surface area contributed by atoms with Crippen molar-refractivity contribution in [1.82, 2.24) is 5.32 Å². The molecule has 0 heterocycles. The number of hydrogen-bond acceptors (Lipinski definition) is 3. The first kappa shape index (κ1) is 18.2. The molecule has 0 saturated heterocycles. The van der Waals surface area contributed by atoms with Crippen LogP contribution in [-0.4, -0.2) is 20.4 Å². The molecule has 2 aromatic carbocycles. The fourth-order valence-electron chi connectivity index (χ4n) is 3.57. The number of carbonyl (C=O) groups is 1. The van der Waals surface area contributed by atoms with Gasteiger partial charge in [0.1, 0.15) is 0 Å². The molecule has 4 rings (SSSR count). The molecule has 2 aliphatic rings. The third-order valence-corrected chi connectivity index (χ3v) is 7.21. The fraction of sp³-hybridized carbons (Fsp3) is 0.409. The average molecular weight is 384 g/mol. The van der Waals surface area contributed by atoms with Gasteiger partial charge in [-0.2, -0.15) is 0 Å². The minimum absolute atomic E-state index is 0.0493. The van der Waals surface area contributed by atoms with Crippen molar-refractivity contribution < 1.29 is 13.2 Å². The van der Waals surface area contributed by atoms with Crippen LogP contribution >= 0.6 is 0 Å². The van der Waals surface area contributed by atoms with Crippen LogP contribution in [0.4, 0.5) is 0 Å². The van der Waals surface area contributed by atoms with Crippen LogP contribution in [-0.2, 0) is 15.6 Å². The molecule has 2 saturated carbocycles. The molecular formula is C22H25NO3S. The molecule has 1 N–H and O–H groups in total. The van der Waals surface area contributed by atoms with E-state index in [1.807, 2.05) is 6.92 Å². The van der Waals surface area contributed by atoms with E-state index in [2.05, 4.69) is 5.32 Å². The summed E-state index contributed by atoms with van der Waals surface area (Å²) in [5, 5.41) is 3.20. The van der Waals surface area contributed by atoms with Crippen molar-refractivity contribution in [2.75, 3.05) is 0 Å². The van der Waals surface area contributed by atoms with E-state index in [4.69, 9.17) is 0 Å². The van der Waals surface area contributed by atoms with E-state index < -0.39 is 9.84 Å². The summed E-state index contributed by atoms with van der Waals surface area (Å²) in [5.41, 5.74) is 2.31. The second-order valence-corrected chi connectivity index (χ2v) is 9.93. The van der Waals surface area contributed by atoms with Crippen molar-refractivity contribution in [3.63, 3.8) is 0 Å². The Labute approximate surface area is 160 Å². The summed E-state index contributed by atoms with van der Waals surface area (Å²) >= 11 is 0. The average Bonchev–Trinajstić information content (AvgIpc) is 3.54. The second kappa shape index (κ2) is 7.12. The predicted octanol–water partition coefficient (Wildman–Crippen LogP) is 3.89. The van der Waals surface area contributed by atoms with Crippen LogP contribution in [0.2, 0.25) is 0 Å². The molecule has 2 aliphatic carbocycles. The van der Waals surface area contributed by atoms with Gasteiger partial charge in [-0.3, -0.25) is 4.79 Å². The lowest BCUT2D eigenvalue weighted by Crippen LogP contribution is -2.38. The number of hydrogen-bond donors (Lipinski definition) is 1. The fourth-order valence-corrected chi connectivity index (χ4v) is 4.92. The quantitative estimate of drug-likeness (QED) is 0.789. The van der Waals surface area contributed by atoms with Gasteiger partial charge in [-0.1, -0.05) is 29.8 Å². The highest BCUT2D eigenvalue weighted by molar-refractivity contribution is 7.90. The summed E-state index contributed by atoms with van der Waals surface area (Å²) in [5.74, 6) is 1.19. The van der Waals surface area contributed by atoms with E-state index >= 15 is 0 Å². The SMILES string of the molecule is Cc1ccc(S(=O)(=O)Cc2ccc(C(=O)NC(C3CC3)C3CC3)cc2)cc1. The van der Waals surface area contributed by atoms with Gasteiger partial charge in [0.2, 0.25) is 0 Å². The first-order chi connectivity index (χ1) is 12.9. The van der Waals surface area contributed by atoms with Gasteiger partial charge in [-0.15, -0.1) is 0 Å². The number of amides is 1. The summed E-state index contributed by atoms with van der Waals surface area (Å²) in [6, 6.07) is 14.1. The van der Waals surface area contributed by atoms with Gasteiger partial charge in [-0.25, -0.2) is 8.42 Å². The van der Waals surface area contributed by atoms with Gasteiger partial charge in [0.25, 0.3) is 5.91 Å². The number of carbonyl (C=O) groups excluding carboxylic acids is 1. The van der Waals surface area contributed by atoms with E-state index in [-0.39, 0.29) is 11.7 Å². The van der Waals surface area contributed by atoms with Crippen molar-refractivity contribution in [1.29, 1.82) is 0 Å². The molecule has 27 heavy (non-hydrogen) atoms. The van der Waals surface area contributed by atoms with Crippen LogP contribution < -0.4 is 5.32 Å². The maximum absolute atomic E-state index is 12.6. The van der Waals surface area contributed by atoms with Crippen molar-refractivity contribution in [2.45, 2.75) is 49.3 Å². The summed E-state index contributed by atoms with van der Waals surface area (Å²) < 4.78 is 25.1. The molecule has 5 heteroatoms. The molecule has 0 unspecified atom stereocenters. The van der Waals surface area contributed by atoms with Crippen molar-refractivity contribution in [3.05, 3.63) is 65.2 Å². The van der Waals surface area contributed by atoms with Crippen LogP contribution in [0.1, 0.15) is 47.2 Å². The standard InChI is InChI=1S/C22H25NO3S/c1-15-2-12-20(13-3-15)27(25,26)14-16-4-6-19(7-5-16)22(24)23-21(17-8-9-17)18-10-11-18/h2-7,12-13,17-18,21H,8-11,14H2,1H3,(H,23,24). The zero-order chi connectivity index (χ0) is 19.0. The topological polar surface area (TPSA) is 63.2 Å². The molecule has 2 aromatic rings. The Balaban J connectivity index is 1.42. The zero-order valence-corrected chi connectivity index (χ0v) is 16.3. The van der Waals surface area contributed by atoms with Gasteiger partial charge in [0, 0.05) is 11.6 Å². The predicted molar refractivity (Wildman–Crippen MR) is 105 cm³/mol. The monoisotopic (exact) mass is 383 g/mol. The summed E-state index contributed by atoms with van der Waals surface area (Å²) in [6.07, 6.45) is 4.88. The largest absolute Gasteiger partial charge is 0.349 e. The van der Waals surface area contributed by atoms with Gasteiger partial charge in [0.05, 0.1) is 10.6 Å². The lowest BCUT2D eigenvalue weighted by Gasteiger charge is -2.17. The Morgan fingerprint density at radius 2 is 1.52 bits per heavy atom. The van der Waals surface area contributed by atoms with E-state index in [0.29, 0.717) is 33.9 Å². The molecule has 0 radical (unpaired) electrons. The number of nitrogens with one attached hydrogen (secondary N) is 1. The molecule has 1 amide bonds. The Bertz CT molecular complexity index is 913. The Hall–Kier alpha value is -2.14. The molecule has 4 nitrogen and oxygen atoms in total. The molecule has 2 fully saturated rings. The number of benzene rings is 2. The highest BCUT2D eigenvalue weighted by atomic mass is 32.2. The molecule has 0 aromatic heterocycles. The van der Waals surface area contributed by atoms with Crippen molar-refractivity contribution in [3.8, 4) is 0 Å². The minimum Gasteiger partial charge on any atom is -0.349 e. The molecule has 0 bridgehead atoms. The third kappa shape index (κ3) is 4.41. The Kier molecular flexibility index (Phi) is 4.81. The molecular weight excluding hydrogens is 358 g/mol. The smallest absolute Gasteiger partial charge is 0.251 e. The number of sulfone groups is 1. The molecule has 0 aliphatic heterocycles. The summed E-state index contributed by atoms with van der Waals surface area (Å²) in [6.45, 7) is 1.93. The van der Waals surface area contributed by atoms with Gasteiger partial charge in [-0.05, 0) is 74.3 Å². The van der Waals surface area contributed by atoms with Gasteiger partial charge >= 0.3 is 0 Å². The number of rotatable bonds is 7. The maximum atomic E-state index is 12.6. The van der Waals surface area contributed by atoms with Crippen LogP contribution in [0.5, 0.6) is 0 Å². The lowest BCUT2D eigenvalue weighted by molar-refractivity contribution is 0.0926. The highest BCUT2D eigenvalue weighted by Gasteiger charge is 2.42. The third-order valence-electron chi connectivity index (χ3n) is 5.51. The first-order valence-electron chi connectivity index (χ1n) is 9.61. The minimum atomic E-state index is -3.39. The highest BCUT2D eigenvalue weighted by Crippen LogP contribution is 2.44. The Morgan fingerprint density at radius 1 is 0.963 bits per heavy atom.